The van der Waals surface area contributed by atoms with E-state index in [1.54, 1.807) is 43.3 Å². The third kappa shape index (κ3) is 6.92. The second-order valence-electron chi connectivity index (χ2n) is 9.62. The van der Waals surface area contributed by atoms with Gasteiger partial charge in [-0.3, -0.25) is 9.69 Å². The van der Waals surface area contributed by atoms with Gasteiger partial charge in [-0.1, -0.05) is 50.5 Å². The first kappa shape index (κ1) is 31.3. The SMILES string of the molecule is CCN(CC)CCN(C(=O)c1ccc(S(=O)(=O)N(C)C2CCCCC2)cc1)c1nc2c(OC)cccc2s1.Cl. The van der Waals surface area contributed by atoms with Crippen LogP contribution in [0.15, 0.2) is 47.4 Å². The smallest absolute Gasteiger partial charge is 0.260 e. The minimum Gasteiger partial charge on any atom is -0.494 e. The molecule has 1 aliphatic rings. The number of carbonyl (C=O) groups is 1. The molecular weight excluding hydrogens is 556 g/mol. The average Bonchev–Trinajstić information content (AvgIpc) is 3.39. The van der Waals surface area contributed by atoms with Crippen LogP contribution in [0.3, 0.4) is 0 Å². The molecule has 8 nitrogen and oxygen atoms in total. The van der Waals surface area contributed by atoms with Gasteiger partial charge in [0, 0.05) is 31.7 Å². The van der Waals surface area contributed by atoms with Crippen LogP contribution in [-0.4, -0.2) is 74.9 Å². The number of ether oxygens (including phenoxy) is 1. The van der Waals surface area contributed by atoms with Gasteiger partial charge in [-0.15, -0.1) is 12.4 Å². The van der Waals surface area contributed by atoms with E-state index in [1.165, 1.54) is 15.6 Å². The third-order valence-corrected chi connectivity index (χ3v) is 10.4. The van der Waals surface area contributed by atoms with E-state index >= 15 is 0 Å². The minimum atomic E-state index is -3.63. The molecule has 0 spiro atoms. The van der Waals surface area contributed by atoms with Crippen LogP contribution in [0.5, 0.6) is 5.75 Å². The molecule has 0 N–H and O–H groups in total. The van der Waals surface area contributed by atoms with E-state index in [1.807, 2.05) is 18.2 Å². The van der Waals surface area contributed by atoms with Gasteiger partial charge in [-0.2, -0.15) is 4.31 Å². The first-order valence-electron chi connectivity index (χ1n) is 13.4. The molecule has 3 aromatic rings. The molecule has 1 aromatic heterocycles. The van der Waals surface area contributed by atoms with Gasteiger partial charge >= 0.3 is 0 Å². The Kier molecular flexibility index (Phi) is 11.1. The summed E-state index contributed by atoms with van der Waals surface area (Å²) in [6.07, 6.45) is 5.05. The molecule has 1 fully saturated rings. The van der Waals surface area contributed by atoms with Gasteiger partial charge in [0.15, 0.2) is 5.13 Å². The van der Waals surface area contributed by atoms with Crippen LogP contribution in [0.4, 0.5) is 5.13 Å². The Morgan fingerprint density at radius 1 is 1.03 bits per heavy atom. The van der Waals surface area contributed by atoms with Gasteiger partial charge in [0.1, 0.15) is 11.3 Å². The highest BCUT2D eigenvalue weighted by Gasteiger charge is 2.30. The number of fused-ring (bicyclic) bond motifs is 1. The summed E-state index contributed by atoms with van der Waals surface area (Å²) in [5, 5.41) is 0.593. The number of halogens is 1. The number of anilines is 1. The van der Waals surface area contributed by atoms with E-state index in [0.717, 1.165) is 55.4 Å². The highest BCUT2D eigenvalue weighted by molar-refractivity contribution is 7.89. The zero-order valence-electron chi connectivity index (χ0n) is 23.1. The van der Waals surface area contributed by atoms with Gasteiger partial charge in [0.25, 0.3) is 5.91 Å². The molecule has 4 rings (SSSR count). The van der Waals surface area contributed by atoms with Gasteiger partial charge in [-0.05, 0) is 62.3 Å². The standard InChI is InChI=1S/C28H38N4O4S2.ClH/c1-5-31(6-2)19-20-32(28-29-26-24(36-4)13-10-14-25(26)37-28)27(33)21-15-17-23(18-16-21)38(34,35)30(3)22-11-8-7-9-12-22;/h10,13-18,22H,5-9,11-12,19-20H2,1-4H3;1H. The molecule has 0 bridgehead atoms. The van der Waals surface area contributed by atoms with Crippen molar-refractivity contribution in [3.05, 3.63) is 48.0 Å². The van der Waals surface area contributed by atoms with Crippen molar-refractivity contribution in [1.29, 1.82) is 0 Å². The lowest BCUT2D eigenvalue weighted by atomic mass is 9.96. The van der Waals surface area contributed by atoms with Gasteiger partial charge in [-0.25, -0.2) is 13.4 Å². The zero-order chi connectivity index (χ0) is 27.3. The number of aromatic nitrogens is 1. The van der Waals surface area contributed by atoms with E-state index in [-0.39, 0.29) is 29.3 Å². The van der Waals surface area contributed by atoms with E-state index in [4.69, 9.17) is 9.72 Å². The summed E-state index contributed by atoms with van der Waals surface area (Å²) in [6, 6.07) is 12.1. The fourth-order valence-corrected chi connectivity index (χ4v) is 7.41. The highest BCUT2D eigenvalue weighted by Crippen LogP contribution is 2.35. The monoisotopic (exact) mass is 594 g/mol. The summed E-state index contributed by atoms with van der Waals surface area (Å²) in [5.41, 5.74) is 1.15. The van der Waals surface area contributed by atoms with Crippen molar-refractivity contribution >= 4 is 55.0 Å². The number of nitrogens with zero attached hydrogens (tertiary/aromatic N) is 4. The highest BCUT2D eigenvalue weighted by atomic mass is 35.5. The number of benzene rings is 2. The summed E-state index contributed by atoms with van der Waals surface area (Å²) < 4.78 is 34.5. The molecule has 0 atom stereocenters. The number of hydrogen-bond acceptors (Lipinski definition) is 7. The lowest BCUT2D eigenvalue weighted by molar-refractivity contribution is 0.0983. The summed E-state index contributed by atoms with van der Waals surface area (Å²) in [5.74, 6) is 0.456. The van der Waals surface area contributed by atoms with Crippen molar-refractivity contribution < 1.29 is 17.9 Å². The molecule has 0 unspecified atom stereocenters. The van der Waals surface area contributed by atoms with E-state index in [9.17, 15) is 13.2 Å². The second kappa shape index (κ2) is 13.9. The van der Waals surface area contributed by atoms with Crippen molar-refractivity contribution in [1.82, 2.24) is 14.2 Å². The Bertz CT molecular complexity index is 1340. The number of sulfonamides is 1. The molecule has 0 radical (unpaired) electrons. The number of amides is 1. The largest absolute Gasteiger partial charge is 0.494 e. The van der Waals surface area contributed by atoms with E-state index < -0.39 is 10.0 Å². The molecule has 11 heteroatoms. The van der Waals surface area contributed by atoms with Crippen LogP contribution in [0, 0.1) is 0 Å². The van der Waals surface area contributed by atoms with Crippen molar-refractivity contribution in [3.63, 3.8) is 0 Å². The number of likely N-dealkylation sites (N-methyl/N-ethyl adjacent to an activating group) is 1. The Balaban J connectivity index is 0.00000420. The molecule has 1 amide bonds. The summed E-state index contributed by atoms with van der Waals surface area (Å²) in [4.78, 5) is 22.7. The molecule has 1 saturated carbocycles. The van der Waals surface area contributed by atoms with Crippen molar-refractivity contribution in [2.45, 2.75) is 56.9 Å². The fraction of sp³-hybridized carbons (Fsp3) is 0.500. The van der Waals surface area contributed by atoms with Crippen LogP contribution in [-0.2, 0) is 10.0 Å². The maximum atomic E-state index is 13.8. The zero-order valence-corrected chi connectivity index (χ0v) is 25.6. The number of rotatable bonds is 11. The number of hydrogen-bond donors (Lipinski definition) is 0. The van der Waals surface area contributed by atoms with Crippen LogP contribution in [0.1, 0.15) is 56.3 Å². The first-order valence-corrected chi connectivity index (χ1v) is 15.6. The predicted molar refractivity (Wildman–Crippen MR) is 161 cm³/mol. The average molecular weight is 595 g/mol. The van der Waals surface area contributed by atoms with Crippen molar-refractivity contribution in [2.24, 2.45) is 0 Å². The Labute approximate surface area is 242 Å². The van der Waals surface area contributed by atoms with E-state index in [0.29, 0.717) is 29.5 Å². The quantitative estimate of drug-likeness (QED) is 0.284. The Hall–Kier alpha value is -2.24. The summed E-state index contributed by atoms with van der Waals surface area (Å²) in [6.45, 7) is 7.13. The lowest BCUT2D eigenvalue weighted by Gasteiger charge is -2.30. The van der Waals surface area contributed by atoms with Crippen molar-refractivity contribution in [3.8, 4) is 5.75 Å². The van der Waals surface area contributed by atoms with Crippen LogP contribution >= 0.6 is 23.7 Å². The third-order valence-electron chi connectivity index (χ3n) is 7.47. The predicted octanol–water partition coefficient (Wildman–Crippen LogP) is 5.67. The number of carbonyl (C=O) groups excluding carboxylic acids is 1. The second-order valence-corrected chi connectivity index (χ2v) is 12.6. The van der Waals surface area contributed by atoms with Gasteiger partial charge in [0.2, 0.25) is 10.0 Å². The molecule has 214 valence electrons. The fourth-order valence-electron chi connectivity index (χ4n) is 4.99. The minimum absolute atomic E-state index is 0. The Morgan fingerprint density at radius 2 is 1.69 bits per heavy atom. The molecule has 0 saturated heterocycles. The molecular formula is C28H39ClN4O4S2. The molecule has 1 heterocycles. The maximum Gasteiger partial charge on any atom is 0.260 e. The topological polar surface area (TPSA) is 83.1 Å². The first-order chi connectivity index (χ1) is 18.3. The number of thiazole rings is 1. The molecule has 1 aliphatic carbocycles. The van der Waals surface area contributed by atoms with Gasteiger partial charge < -0.3 is 9.64 Å². The molecule has 0 aliphatic heterocycles. The maximum absolute atomic E-state index is 13.8. The van der Waals surface area contributed by atoms with Crippen LogP contribution in [0.2, 0.25) is 0 Å². The van der Waals surface area contributed by atoms with Crippen LogP contribution in [0.25, 0.3) is 10.2 Å². The van der Waals surface area contributed by atoms with Crippen LogP contribution < -0.4 is 9.64 Å². The summed E-state index contributed by atoms with van der Waals surface area (Å²) in [7, 11) is -0.352. The molecule has 2 aromatic carbocycles. The summed E-state index contributed by atoms with van der Waals surface area (Å²) >= 11 is 1.44. The number of para-hydroxylation sites is 1. The van der Waals surface area contributed by atoms with Gasteiger partial charge in [0.05, 0.1) is 16.7 Å². The van der Waals surface area contributed by atoms with Crippen molar-refractivity contribution in [2.75, 3.05) is 45.2 Å². The lowest BCUT2D eigenvalue weighted by Crippen LogP contribution is -2.39. The molecule has 39 heavy (non-hydrogen) atoms. The van der Waals surface area contributed by atoms with E-state index in [2.05, 4.69) is 18.7 Å². The number of methoxy groups -OCH3 is 1. The normalized spacial score (nSPS) is 14.5. The Morgan fingerprint density at radius 3 is 2.31 bits per heavy atom.